The highest BCUT2D eigenvalue weighted by Crippen LogP contribution is 2.49. The normalized spacial score (nSPS) is 23.9. The van der Waals surface area contributed by atoms with Gasteiger partial charge in [-0.3, -0.25) is 8.37 Å². The van der Waals surface area contributed by atoms with Gasteiger partial charge in [-0.25, -0.2) is 0 Å². The van der Waals surface area contributed by atoms with Gasteiger partial charge in [0.25, 0.3) is 20.2 Å². The zero-order valence-corrected chi connectivity index (χ0v) is 26.4. The van der Waals surface area contributed by atoms with Crippen molar-refractivity contribution in [2.24, 2.45) is 17.3 Å². The molecule has 0 amide bonds. The third-order valence-electron chi connectivity index (χ3n) is 10.00. The predicted octanol–water partition coefficient (Wildman–Crippen LogP) is 8.25. The van der Waals surface area contributed by atoms with Crippen LogP contribution in [0.15, 0.2) is 94.7 Å². The minimum atomic E-state index is -3.84. The van der Waals surface area contributed by atoms with Gasteiger partial charge in [0, 0.05) is 0 Å². The Bertz CT molecular complexity index is 1680. The van der Waals surface area contributed by atoms with Crippen molar-refractivity contribution in [1.29, 1.82) is 0 Å². The molecule has 43 heavy (non-hydrogen) atoms. The van der Waals surface area contributed by atoms with Crippen LogP contribution >= 0.6 is 0 Å². The van der Waals surface area contributed by atoms with Gasteiger partial charge in [0.1, 0.15) is 0 Å². The van der Waals surface area contributed by atoms with Crippen molar-refractivity contribution in [2.45, 2.75) is 87.2 Å². The Labute approximate surface area is 255 Å². The number of fused-ring (bicyclic) bond motifs is 2. The number of benzene rings is 4. The molecule has 228 valence electrons. The first-order chi connectivity index (χ1) is 20.5. The van der Waals surface area contributed by atoms with Crippen molar-refractivity contribution >= 4 is 41.8 Å². The van der Waals surface area contributed by atoms with Crippen LogP contribution in [0.5, 0.6) is 0 Å². The van der Waals surface area contributed by atoms with Gasteiger partial charge >= 0.3 is 0 Å². The van der Waals surface area contributed by atoms with Gasteiger partial charge in [0.2, 0.25) is 0 Å². The molecule has 0 aliphatic heterocycles. The van der Waals surface area contributed by atoms with Gasteiger partial charge in [-0.1, -0.05) is 74.5 Å². The van der Waals surface area contributed by atoms with Crippen LogP contribution in [0.3, 0.4) is 0 Å². The van der Waals surface area contributed by atoms with Gasteiger partial charge in [-0.15, -0.1) is 0 Å². The molecule has 0 bridgehead atoms. The summed E-state index contributed by atoms with van der Waals surface area (Å²) < 4.78 is 63.8. The Morgan fingerprint density at radius 1 is 0.512 bits per heavy atom. The SMILES string of the molecule is CC(C)(C1CCC(OS(=O)(=O)c2ccc3ccccc3c2)CC1)C1CCC(OS(=O)(=O)c2ccc3ccccc3c2)CC1. The van der Waals surface area contributed by atoms with Gasteiger partial charge in [-0.05, 0) is 114 Å². The third-order valence-corrected chi connectivity index (χ3v) is 12.7. The average Bonchev–Trinajstić information content (AvgIpc) is 3.01. The van der Waals surface area contributed by atoms with E-state index in [0.29, 0.717) is 37.5 Å². The van der Waals surface area contributed by atoms with Crippen molar-refractivity contribution in [3.8, 4) is 0 Å². The van der Waals surface area contributed by atoms with E-state index in [0.717, 1.165) is 47.2 Å². The average molecular weight is 621 g/mol. The smallest absolute Gasteiger partial charge is 0.263 e. The number of hydrogen-bond donors (Lipinski definition) is 0. The zero-order valence-electron chi connectivity index (χ0n) is 24.8. The van der Waals surface area contributed by atoms with Crippen molar-refractivity contribution in [1.82, 2.24) is 0 Å². The molecule has 0 atom stereocenters. The molecule has 2 aliphatic rings. The van der Waals surface area contributed by atoms with Crippen LogP contribution in [0.4, 0.5) is 0 Å². The molecule has 0 saturated heterocycles. The largest absolute Gasteiger partial charge is 0.297 e. The molecule has 0 aromatic heterocycles. The molecule has 2 saturated carbocycles. The van der Waals surface area contributed by atoms with E-state index >= 15 is 0 Å². The summed E-state index contributed by atoms with van der Waals surface area (Å²) >= 11 is 0. The minimum Gasteiger partial charge on any atom is -0.263 e. The summed E-state index contributed by atoms with van der Waals surface area (Å²) in [6.45, 7) is 4.64. The van der Waals surface area contributed by atoms with Crippen LogP contribution in [0.2, 0.25) is 0 Å². The van der Waals surface area contributed by atoms with Crippen molar-refractivity contribution in [3.63, 3.8) is 0 Å². The van der Waals surface area contributed by atoms with Crippen LogP contribution in [0.25, 0.3) is 21.5 Å². The highest BCUT2D eigenvalue weighted by atomic mass is 32.2. The summed E-state index contributed by atoms with van der Waals surface area (Å²) in [4.78, 5) is 0.408. The Balaban J connectivity index is 1.02. The van der Waals surface area contributed by atoms with Crippen LogP contribution in [0.1, 0.15) is 65.2 Å². The highest BCUT2D eigenvalue weighted by molar-refractivity contribution is 7.87. The van der Waals surface area contributed by atoms with Crippen LogP contribution in [-0.4, -0.2) is 29.0 Å². The number of hydrogen-bond acceptors (Lipinski definition) is 6. The fourth-order valence-corrected chi connectivity index (χ4v) is 9.59. The van der Waals surface area contributed by atoms with Gasteiger partial charge in [0.15, 0.2) is 0 Å². The minimum absolute atomic E-state index is 0.0599. The monoisotopic (exact) mass is 620 g/mol. The molecule has 2 fully saturated rings. The van der Waals surface area contributed by atoms with Gasteiger partial charge in [0.05, 0.1) is 22.0 Å². The lowest BCUT2D eigenvalue weighted by molar-refractivity contribution is 0.0133. The fraction of sp³-hybridized carbons (Fsp3) is 0.429. The van der Waals surface area contributed by atoms with E-state index in [1.165, 1.54) is 0 Å². The van der Waals surface area contributed by atoms with Gasteiger partial charge < -0.3 is 0 Å². The first-order valence-corrected chi connectivity index (χ1v) is 18.2. The molecular weight excluding hydrogens is 581 g/mol. The lowest BCUT2D eigenvalue weighted by atomic mass is 9.60. The topological polar surface area (TPSA) is 86.7 Å². The molecule has 8 heteroatoms. The standard InChI is InChI=1S/C35H40O6S2/c1-35(2,29-13-17-31(18-14-29)40-42(36,37)33-21-11-25-7-3-5-9-27(25)23-33)30-15-19-32(20-16-30)41-43(38,39)34-22-12-26-8-4-6-10-28(26)24-34/h3-12,21-24,29-32H,13-20H2,1-2H3. The Morgan fingerprint density at radius 2 is 0.860 bits per heavy atom. The van der Waals surface area contributed by atoms with E-state index in [1.807, 2.05) is 60.7 Å². The molecule has 6 nitrogen and oxygen atoms in total. The van der Waals surface area contributed by atoms with Crippen molar-refractivity contribution in [2.75, 3.05) is 0 Å². The molecule has 4 aromatic carbocycles. The summed E-state index contributed by atoms with van der Waals surface area (Å²) in [6, 6.07) is 25.7. The molecule has 6 rings (SSSR count). The van der Waals surface area contributed by atoms with E-state index in [1.54, 1.807) is 24.3 Å². The van der Waals surface area contributed by atoms with Gasteiger partial charge in [-0.2, -0.15) is 16.8 Å². The summed E-state index contributed by atoms with van der Waals surface area (Å²) in [6.07, 6.45) is 5.88. The maximum Gasteiger partial charge on any atom is 0.297 e. The summed E-state index contributed by atoms with van der Waals surface area (Å²) in [5.74, 6) is 0.916. The van der Waals surface area contributed by atoms with E-state index < -0.39 is 20.2 Å². The van der Waals surface area contributed by atoms with E-state index in [2.05, 4.69) is 13.8 Å². The third kappa shape index (κ3) is 6.53. The molecule has 0 heterocycles. The Hall–Kier alpha value is -2.78. The van der Waals surface area contributed by atoms with Crippen molar-refractivity contribution in [3.05, 3.63) is 84.9 Å². The van der Waals surface area contributed by atoms with E-state index in [9.17, 15) is 16.8 Å². The maximum atomic E-state index is 13.1. The predicted molar refractivity (Wildman–Crippen MR) is 170 cm³/mol. The Kier molecular flexibility index (Phi) is 8.41. The molecule has 4 aromatic rings. The highest BCUT2D eigenvalue weighted by Gasteiger charge is 2.42. The lowest BCUT2D eigenvalue weighted by Crippen LogP contribution is -2.39. The first-order valence-electron chi connectivity index (χ1n) is 15.4. The molecular formula is C35H40O6S2. The maximum absolute atomic E-state index is 13.1. The first kappa shape index (κ1) is 30.3. The molecule has 0 unspecified atom stereocenters. The van der Waals surface area contributed by atoms with Crippen molar-refractivity contribution < 1.29 is 25.2 Å². The molecule has 0 N–H and O–H groups in total. The quantitative estimate of drug-likeness (QED) is 0.184. The second-order valence-electron chi connectivity index (χ2n) is 12.9. The molecule has 2 aliphatic carbocycles. The summed E-state index contributed by atoms with van der Waals surface area (Å²) in [7, 11) is -7.68. The fourth-order valence-electron chi connectivity index (χ4n) is 7.25. The molecule has 0 spiro atoms. The second-order valence-corrected chi connectivity index (χ2v) is 16.0. The summed E-state index contributed by atoms with van der Waals surface area (Å²) in [5, 5.41) is 3.75. The Morgan fingerprint density at radius 3 is 1.23 bits per heavy atom. The van der Waals surface area contributed by atoms with Crippen LogP contribution in [-0.2, 0) is 28.6 Å². The summed E-state index contributed by atoms with van der Waals surface area (Å²) in [5.41, 5.74) is 0.0599. The molecule has 0 radical (unpaired) electrons. The second kappa shape index (κ2) is 12.0. The number of rotatable bonds is 8. The zero-order chi connectivity index (χ0) is 30.2. The van der Waals surface area contributed by atoms with Crippen LogP contribution in [0, 0.1) is 17.3 Å². The lowest BCUT2D eigenvalue weighted by Gasteiger charge is -2.46. The van der Waals surface area contributed by atoms with E-state index in [4.69, 9.17) is 8.37 Å². The van der Waals surface area contributed by atoms with E-state index in [-0.39, 0.29) is 27.4 Å². The van der Waals surface area contributed by atoms with Crippen LogP contribution < -0.4 is 0 Å².